The van der Waals surface area contributed by atoms with Gasteiger partial charge in [-0.3, -0.25) is 0 Å². The third kappa shape index (κ3) is 5.80. The maximum Gasteiger partial charge on any atom is 0.165 e. The molecule has 13 aromatic rings. The van der Waals surface area contributed by atoms with Crippen molar-refractivity contribution in [3.05, 3.63) is 206 Å². The van der Waals surface area contributed by atoms with Crippen molar-refractivity contribution in [1.82, 2.24) is 19.5 Å². The highest BCUT2D eigenvalue weighted by molar-refractivity contribution is 7.26. The Morgan fingerprint density at radius 1 is 0.365 bits per heavy atom. The van der Waals surface area contributed by atoms with E-state index in [1.165, 1.54) is 37.5 Å². The predicted molar refractivity (Wildman–Crippen MR) is 262 cm³/mol. The van der Waals surface area contributed by atoms with E-state index in [1.807, 2.05) is 48.5 Å². The average Bonchev–Trinajstić information content (AvgIpc) is 4.04. The lowest BCUT2D eigenvalue weighted by molar-refractivity contribution is 0.669. The molecule has 13 rings (SSSR count). The summed E-state index contributed by atoms with van der Waals surface area (Å²) in [6.45, 7) is 0. The molecule has 294 valence electrons. The summed E-state index contributed by atoms with van der Waals surface area (Å²) < 4.78 is 11.1. The van der Waals surface area contributed by atoms with Crippen LogP contribution in [0.15, 0.2) is 211 Å². The third-order valence-electron chi connectivity index (χ3n) is 12.2. The standard InChI is InChI=1S/C57H34N4OS/c1-3-15-35(16-4-1)37-19-13-20-38(31-37)39-29-30-52-45(32-39)46-33-40(61-48-25-10-7-21-41(48)42-22-8-11-26-49(42)61)34-47(54(46)63-52)57-59-55(36-17-5-2-6-18-36)58-56(60-57)44-24-14-28-51-53(44)43-23-9-12-27-50(43)62-51/h1-34H. The number of para-hydroxylation sites is 3. The largest absolute Gasteiger partial charge is 0.456 e. The summed E-state index contributed by atoms with van der Waals surface area (Å²) in [4.78, 5) is 16.0. The molecule has 0 aliphatic heterocycles. The fourth-order valence-corrected chi connectivity index (χ4v) is 10.5. The van der Waals surface area contributed by atoms with Gasteiger partial charge in [-0.05, 0) is 76.9 Å². The lowest BCUT2D eigenvalue weighted by Crippen LogP contribution is -2.01. The molecule has 0 bridgehead atoms. The van der Waals surface area contributed by atoms with E-state index in [0.29, 0.717) is 17.5 Å². The first-order valence-electron chi connectivity index (χ1n) is 21.1. The minimum atomic E-state index is 0.591. The average molecular weight is 823 g/mol. The van der Waals surface area contributed by atoms with Gasteiger partial charge in [0.05, 0.1) is 11.0 Å². The van der Waals surface area contributed by atoms with E-state index >= 15 is 0 Å². The fourth-order valence-electron chi connectivity index (χ4n) is 9.34. The van der Waals surface area contributed by atoms with Gasteiger partial charge in [0, 0.05) is 64.1 Å². The van der Waals surface area contributed by atoms with Gasteiger partial charge in [0.2, 0.25) is 0 Å². The van der Waals surface area contributed by atoms with Crippen molar-refractivity contribution in [3.63, 3.8) is 0 Å². The van der Waals surface area contributed by atoms with E-state index in [2.05, 4.69) is 162 Å². The number of thiophene rings is 1. The normalized spacial score (nSPS) is 11.8. The first kappa shape index (κ1) is 35.6. The van der Waals surface area contributed by atoms with Crippen molar-refractivity contribution in [2.24, 2.45) is 0 Å². The smallest absolute Gasteiger partial charge is 0.165 e. The molecule has 0 saturated heterocycles. The van der Waals surface area contributed by atoms with Crippen LogP contribution in [0.25, 0.3) is 126 Å². The molecule has 0 aliphatic carbocycles. The van der Waals surface area contributed by atoms with Crippen LogP contribution in [0.3, 0.4) is 0 Å². The summed E-state index contributed by atoms with van der Waals surface area (Å²) >= 11 is 1.78. The maximum absolute atomic E-state index is 6.36. The van der Waals surface area contributed by atoms with Crippen LogP contribution in [0.5, 0.6) is 0 Å². The van der Waals surface area contributed by atoms with Gasteiger partial charge < -0.3 is 8.98 Å². The van der Waals surface area contributed by atoms with Gasteiger partial charge in [-0.15, -0.1) is 11.3 Å². The molecule has 4 aromatic heterocycles. The number of rotatable bonds is 6. The molecule has 5 nitrogen and oxygen atoms in total. The van der Waals surface area contributed by atoms with Crippen molar-refractivity contribution in [2.75, 3.05) is 0 Å². The maximum atomic E-state index is 6.36. The predicted octanol–water partition coefficient (Wildman–Crippen LogP) is 15.6. The number of hydrogen-bond acceptors (Lipinski definition) is 5. The summed E-state index contributed by atoms with van der Waals surface area (Å²) in [5.74, 6) is 1.81. The Balaban J connectivity index is 1.10. The zero-order chi connectivity index (χ0) is 41.4. The molecule has 0 aliphatic rings. The van der Waals surface area contributed by atoms with Crippen LogP contribution >= 0.6 is 11.3 Å². The van der Waals surface area contributed by atoms with Gasteiger partial charge in [0.1, 0.15) is 11.2 Å². The highest BCUT2D eigenvalue weighted by Gasteiger charge is 2.22. The van der Waals surface area contributed by atoms with E-state index in [-0.39, 0.29) is 0 Å². The second-order valence-corrected chi connectivity index (χ2v) is 17.0. The van der Waals surface area contributed by atoms with Crippen LogP contribution in [0, 0.1) is 0 Å². The molecule has 6 heteroatoms. The SMILES string of the molecule is c1ccc(-c2cccc(-c3ccc4sc5c(-c6nc(-c7ccccc7)nc(-c7cccc8oc9ccccc9c78)n6)cc(-n6c7ccccc7c7ccccc76)cc5c4c3)c2)cc1. The number of nitrogens with zero attached hydrogens (tertiary/aromatic N) is 4. The Morgan fingerprint density at radius 2 is 0.937 bits per heavy atom. The zero-order valence-electron chi connectivity index (χ0n) is 33.7. The van der Waals surface area contributed by atoms with E-state index in [4.69, 9.17) is 19.4 Å². The number of fused-ring (bicyclic) bond motifs is 9. The van der Waals surface area contributed by atoms with Crippen LogP contribution in [0.4, 0.5) is 0 Å². The Labute approximate surface area is 365 Å². The van der Waals surface area contributed by atoms with Gasteiger partial charge in [0.15, 0.2) is 17.5 Å². The number of furan rings is 1. The molecule has 0 radical (unpaired) electrons. The quantitative estimate of drug-likeness (QED) is 0.168. The summed E-state index contributed by atoms with van der Waals surface area (Å²) in [6.07, 6.45) is 0. The minimum absolute atomic E-state index is 0.591. The van der Waals surface area contributed by atoms with Crippen molar-refractivity contribution in [1.29, 1.82) is 0 Å². The monoisotopic (exact) mass is 822 g/mol. The molecule has 0 saturated carbocycles. The Morgan fingerprint density at radius 3 is 1.70 bits per heavy atom. The summed E-state index contributed by atoms with van der Waals surface area (Å²) in [5.41, 5.74) is 12.4. The summed E-state index contributed by atoms with van der Waals surface area (Å²) in [6, 6.07) is 72.8. The van der Waals surface area contributed by atoms with Crippen LogP contribution in [0.2, 0.25) is 0 Å². The van der Waals surface area contributed by atoms with Crippen molar-refractivity contribution in [2.45, 2.75) is 0 Å². The van der Waals surface area contributed by atoms with Crippen LogP contribution < -0.4 is 0 Å². The molecule has 0 spiro atoms. The molecule has 0 amide bonds. The van der Waals surface area contributed by atoms with Gasteiger partial charge in [-0.2, -0.15) is 0 Å². The number of benzene rings is 9. The van der Waals surface area contributed by atoms with Crippen molar-refractivity contribution in [3.8, 4) is 62.1 Å². The Hall–Kier alpha value is -8.19. The topological polar surface area (TPSA) is 56.7 Å². The molecule has 9 aromatic carbocycles. The second-order valence-electron chi connectivity index (χ2n) is 15.9. The molecule has 0 atom stereocenters. The van der Waals surface area contributed by atoms with Gasteiger partial charge in [-0.1, -0.05) is 152 Å². The van der Waals surface area contributed by atoms with Gasteiger partial charge in [-0.25, -0.2) is 15.0 Å². The molecular weight excluding hydrogens is 789 g/mol. The highest BCUT2D eigenvalue weighted by Crippen LogP contribution is 2.45. The summed E-state index contributed by atoms with van der Waals surface area (Å²) in [7, 11) is 0. The number of hydrogen-bond donors (Lipinski definition) is 0. The Bertz CT molecular complexity index is 3870. The fraction of sp³-hybridized carbons (Fsp3) is 0. The Kier molecular flexibility index (Phi) is 8.01. The molecular formula is C57H34N4OS. The summed E-state index contributed by atoms with van der Waals surface area (Å²) in [5, 5.41) is 6.76. The lowest BCUT2D eigenvalue weighted by Gasteiger charge is -2.13. The first-order valence-corrected chi connectivity index (χ1v) is 21.9. The molecule has 4 heterocycles. The van der Waals surface area contributed by atoms with E-state index in [0.717, 1.165) is 71.0 Å². The third-order valence-corrected chi connectivity index (χ3v) is 13.5. The van der Waals surface area contributed by atoms with Gasteiger partial charge >= 0.3 is 0 Å². The molecule has 0 unspecified atom stereocenters. The first-order chi connectivity index (χ1) is 31.2. The lowest BCUT2D eigenvalue weighted by atomic mass is 9.97. The van der Waals surface area contributed by atoms with E-state index in [9.17, 15) is 0 Å². The molecule has 0 fully saturated rings. The van der Waals surface area contributed by atoms with Gasteiger partial charge in [0.25, 0.3) is 0 Å². The van der Waals surface area contributed by atoms with Crippen LogP contribution in [0.1, 0.15) is 0 Å². The van der Waals surface area contributed by atoms with Crippen LogP contribution in [-0.4, -0.2) is 19.5 Å². The molecule has 0 N–H and O–H groups in total. The second kappa shape index (κ2) is 14.2. The van der Waals surface area contributed by atoms with E-state index < -0.39 is 0 Å². The van der Waals surface area contributed by atoms with Crippen LogP contribution in [-0.2, 0) is 0 Å². The van der Waals surface area contributed by atoms with Crippen molar-refractivity contribution < 1.29 is 4.42 Å². The highest BCUT2D eigenvalue weighted by atomic mass is 32.1. The molecule has 63 heavy (non-hydrogen) atoms. The van der Waals surface area contributed by atoms with E-state index in [1.54, 1.807) is 11.3 Å². The minimum Gasteiger partial charge on any atom is -0.456 e. The zero-order valence-corrected chi connectivity index (χ0v) is 34.6. The van der Waals surface area contributed by atoms with Crippen molar-refractivity contribution >= 4 is 75.3 Å². The number of aromatic nitrogens is 4.